The van der Waals surface area contributed by atoms with E-state index >= 15 is 0 Å². The SMILES string of the molecule is OC(F)OC(Cl)(Cl)Cl. The van der Waals surface area contributed by atoms with E-state index in [9.17, 15) is 4.39 Å². The van der Waals surface area contributed by atoms with Crippen molar-refractivity contribution in [3.63, 3.8) is 0 Å². The van der Waals surface area contributed by atoms with Crippen LogP contribution in [0.25, 0.3) is 0 Å². The zero-order valence-corrected chi connectivity index (χ0v) is 5.71. The molecule has 0 spiro atoms. The van der Waals surface area contributed by atoms with Crippen LogP contribution in [0.3, 0.4) is 0 Å². The number of aliphatic hydroxyl groups is 1. The maximum atomic E-state index is 11.3. The molecule has 0 aromatic rings. The molecule has 0 aliphatic carbocycles. The van der Waals surface area contributed by atoms with Gasteiger partial charge in [-0.1, -0.05) is 34.8 Å². The summed E-state index contributed by atoms with van der Waals surface area (Å²) in [5, 5.41) is 7.75. The van der Waals surface area contributed by atoms with Gasteiger partial charge in [0.25, 0.3) is 0 Å². The van der Waals surface area contributed by atoms with Crippen molar-refractivity contribution in [2.75, 3.05) is 0 Å². The summed E-state index contributed by atoms with van der Waals surface area (Å²) in [6.07, 6.45) is 0. The smallest absolute Gasteiger partial charge is 0.310 e. The molecule has 0 saturated heterocycles. The van der Waals surface area contributed by atoms with E-state index in [0.29, 0.717) is 0 Å². The first-order valence-electron chi connectivity index (χ1n) is 1.48. The lowest BCUT2D eigenvalue weighted by Crippen LogP contribution is -2.16. The van der Waals surface area contributed by atoms with Crippen molar-refractivity contribution in [1.82, 2.24) is 0 Å². The van der Waals surface area contributed by atoms with Crippen LogP contribution in [0.2, 0.25) is 0 Å². The Morgan fingerprint density at radius 3 is 1.88 bits per heavy atom. The molecular formula is C2H2Cl3FO2. The van der Waals surface area contributed by atoms with Gasteiger partial charge in [0.15, 0.2) is 0 Å². The second-order valence-electron chi connectivity index (χ2n) is 0.856. The number of ether oxygens (including phenoxy) is 1. The molecule has 50 valence electrons. The van der Waals surface area contributed by atoms with Gasteiger partial charge in [0.2, 0.25) is 0 Å². The topological polar surface area (TPSA) is 29.5 Å². The lowest BCUT2D eigenvalue weighted by molar-refractivity contribution is -0.187. The van der Waals surface area contributed by atoms with E-state index in [-0.39, 0.29) is 0 Å². The first-order valence-corrected chi connectivity index (χ1v) is 2.62. The summed E-state index contributed by atoms with van der Waals surface area (Å²) in [6.45, 7) is -2.55. The summed E-state index contributed by atoms with van der Waals surface area (Å²) in [4.78, 5) is 0. The number of hydrogen-bond donors (Lipinski definition) is 1. The van der Waals surface area contributed by atoms with Crippen molar-refractivity contribution in [2.24, 2.45) is 0 Å². The Hall–Kier alpha value is 0.720. The van der Waals surface area contributed by atoms with E-state index in [1.165, 1.54) is 0 Å². The minimum Gasteiger partial charge on any atom is -0.342 e. The van der Waals surface area contributed by atoms with Crippen molar-refractivity contribution in [1.29, 1.82) is 0 Å². The number of rotatable bonds is 1. The first-order chi connectivity index (χ1) is 3.42. The van der Waals surface area contributed by atoms with E-state index in [2.05, 4.69) is 4.74 Å². The van der Waals surface area contributed by atoms with Gasteiger partial charge in [0.1, 0.15) is 0 Å². The van der Waals surface area contributed by atoms with Gasteiger partial charge in [0.05, 0.1) is 0 Å². The molecular weight excluding hydrogens is 181 g/mol. The third-order valence-electron chi connectivity index (χ3n) is 0.231. The van der Waals surface area contributed by atoms with Crippen LogP contribution in [0.15, 0.2) is 0 Å². The molecule has 0 amide bonds. The van der Waals surface area contributed by atoms with Gasteiger partial charge in [-0.3, -0.25) is 4.74 Å². The van der Waals surface area contributed by atoms with Crippen LogP contribution in [0.5, 0.6) is 0 Å². The fourth-order valence-corrected chi connectivity index (χ4v) is 0.331. The molecule has 0 rings (SSSR count). The third kappa shape index (κ3) is 6.72. The highest BCUT2D eigenvalue weighted by molar-refractivity contribution is 6.66. The molecule has 2 nitrogen and oxygen atoms in total. The van der Waals surface area contributed by atoms with Crippen molar-refractivity contribution >= 4 is 34.8 Å². The highest BCUT2D eigenvalue weighted by atomic mass is 35.6. The Labute approximate surface area is 60.1 Å². The Balaban J connectivity index is 3.39. The largest absolute Gasteiger partial charge is 0.342 e. The van der Waals surface area contributed by atoms with Crippen LogP contribution in [0.1, 0.15) is 0 Å². The Morgan fingerprint density at radius 1 is 1.50 bits per heavy atom. The Bertz CT molecular complexity index is 70.2. The standard InChI is InChI=1S/C2H2Cl3FO2/c3-2(4,5)8-1(6)7/h1,7H. The lowest BCUT2D eigenvalue weighted by Gasteiger charge is -2.10. The summed E-state index contributed by atoms with van der Waals surface area (Å²) in [5.41, 5.74) is 0. The first kappa shape index (κ1) is 8.72. The number of hydrogen-bond acceptors (Lipinski definition) is 2. The minimum atomic E-state index is -2.55. The summed E-state index contributed by atoms with van der Waals surface area (Å²) in [7, 11) is 0. The quantitative estimate of drug-likeness (QED) is 0.494. The molecule has 1 N–H and O–H groups in total. The molecule has 0 aliphatic rings. The second-order valence-corrected chi connectivity index (χ2v) is 3.03. The summed E-state index contributed by atoms with van der Waals surface area (Å²) in [6, 6.07) is 0. The van der Waals surface area contributed by atoms with Gasteiger partial charge in [-0.05, 0) is 0 Å². The average Bonchev–Trinajstić information content (AvgIpc) is 1.21. The fourth-order valence-electron chi connectivity index (χ4n) is 0.110. The van der Waals surface area contributed by atoms with Gasteiger partial charge >= 0.3 is 10.5 Å². The van der Waals surface area contributed by atoms with Gasteiger partial charge in [-0.15, -0.1) is 0 Å². The van der Waals surface area contributed by atoms with Gasteiger partial charge in [-0.25, -0.2) is 0 Å². The van der Waals surface area contributed by atoms with Crippen LogP contribution in [-0.2, 0) is 4.74 Å². The normalized spacial score (nSPS) is 16.1. The molecule has 0 heterocycles. The van der Waals surface area contributed by atoms with E-state index in [1.807, 2.05) is 0 Å². The maximum absolute atomic E-state index is 11.3. The average molecular weight is 183 g/mol. The van der Waals surface area contributed by atoms with Crippen LogP contribution in [-0.4, -0.2) is 15.6 Å². The van der Waals surface area contributed by atoms with Gasteiger partial charge in [-0.2, -0.15) is 4.39 Å². The highest BCUT2D eigenvalue weighted by Crippen LogP contribution is 2.28. The minimum absolute atomic E-state index is 2.19. The summed E-state index contributed by atoms with van der Waals surface area (Å²) >= 11 is 14.5. The van der Waals surface area contributed by atoms with Crippen molar-refractivity contribution in [2.45, 2.75) is 10.5 Å². The van der Waals surface area contributed by atoms with E-state index in [0.717, 1.165) is 0 Å². The molecule has 0 fully saturated rings. The van der Waals surface area contributed by atoms with Crippen LogP contribution in [0.4, 0.5) is 4.39 Å². The molecule has 0 aromatic heterocycles. The predicted molar refractivity (Wildman–Crippen MR) is 28.5 cm³/mol. The Kier molecular flexibility index (Phi) is 3.31. The van der Waals surface area contributed by atoms with Crippen LogP contribution in [0, 0.1) is 0 Å². The Morgan fingerprint density at radius 2 is 1.88 bits per heavy atom. The monoisotopic (exact) mass is 182 g/mol. The number of halogens is 4. The maximum Gasteiger partial charge on any atom is 0.310 e. The highest BCUT2D eigenvalue weighted by Gasteiger charge is 2.24. The van der Waals surface area contributed by atoms with Crippen molar-refractivity contribution in [3.05, 3.63) is 0 Å². The molecule has 0 aliphatic heterocycles. The molecule has 1 unspecified atom stereocenters. The second kappa shape index (κ2) is 3.03. The summed E-state index contributed by atoms with van der Waals surface area (Å²) < 4.78 is 12.7. The van der Waals surface area contributed by atoms with E-state index in [4.69, 9.17) is 39.9 Å². The van der Waals surface area contributed by atoms with E-state index in [1.54, 1.807) is 0 Å². The molecule has 0 aromatic carbocycles. The van der Waals surface area contributed by atoms with E-state index < -0.39 is 10.5 Å². The molecule has 0 bridgehead atoms. The van der Waals surface area contributed by atoms with Crippen LogP contribution >= 0.6 is 34.8 Å². The van der Waals surface area contributed by atoms with Crippen LogP contribution < -0.4 is 0 Å². The number of aliphatic hydroxyl groups excluding tert-OH is 1. The molecule has 6 heteroatoms. The molecule has 0 saturated carbocycles. The predicted octanol–water partition coefficient (Wildman–Crippen LogP) is 1.58. The molecule has 1 atom stereocenters. The molecule has 8 heavy (non-hydrogen) atoms. The summed E-state index contributed by atoms with van der Waals surface area (Å²) in [5.74, 6) is 0. The van der Waals surface area contributed by atoms with Gasteiger partial charge < -0.3 is 5.11 Å². The van der Waals surface area contributed by atoms with Crippen molar-refractivity contribution in [3.8, 4) is 0 Å². The fraction of sp³-hybridized carbons (Fsp3) is 1.00. The molecule has 0 radical (unpaired) electrons. The zero-order valence-electron chi connectivity index (χ0n) is 3.44. The lowest BCUT2D eigenvalue weighted by atomic mass is 11.3. The number of alkyl halides is 4. The van der Waals surface area contributed by atoms with Gasteiger partial charge in [0, 0.05) is 0 Å². The zero-order chi connectivity index (χ0) is 6.78. The van der Waals surface area contributed by atoms with Crippen molar-refractivity contribution < 1.29 is 14.2 Å². The third-order valence-corrected chi connectivity index (χ3v) is 0.498.